The quantitative estimate of drug-likeness (QED) is 0.788. The summed E-state index contributed by atoms with van der Waals surface area (Å²) in [5.41, 5.74) is 3.70. The smallest absolute Gasteiger partial charge is 0.224 e. The van der Waals surface area contributed by atoms with E-state index in [1.807, 2.05) is 23.1 Å². The Morgan fingerprint density at radius 2 is 1.67 bits per heavy atom. The van der Waals surface area contributed by atoms with Crippen molar-refractivity contribution in [1.82, 2.24) is 4.90 Å². The van der Waals surface area contributed by atoms with Gasteiger partial charge in [-0.3, -0.25) is 4.79 Å². The molecule has 3 heteroatoms. The van der Waals surface area contributed by atoms with Crippen molar-refractivity contribution < 1.29 is 4.79 Å². The molecule has 1 amide bonds. The number of amides is 1. The first-order valence-corrected chi connectivity index (χ1v) is 7.72. The molecular weight excluding hydrogens is 282 g/mol. The molecule has 0 aliphatic carbocycles. The normalized spacial score (nSPS) is 18.2. The van der Waals surface area contributed by atoms with E-state index in [2.05, 4.69) is 36.4 Å². The highest BCUT2D eigenvalue weighted by Gasteiger charge is 2.27. The van der Waals surface area contributed by atoms with Gasteiger partial charge in [0.1, 0.15) is 0 Å². The maximum atomic E-state index is 11.7. The summed E-state index contributed by atoms with van der Waals surface area (Å²) in [4.78, 5) is 13.6. The summed E-state index contributed by atoms with van der Waals surface area (Å²) in [6.07, 6.45) is 1.36. The monoisotopic (exact) mass is 299 g/mol. The molecule has 1 fully saturated rings. The van der Waals surface area contributed by atoms with Gasteiger partial charge in [0, 0.05) is 19.5 Å². The summed E-state index contributed by atoms with van der Waals surface area (Å²) in [5, 5.41) is -0.0158. The Labute approximate surface area is 130 Å². The highest BCUT2D eigenvalue weighted by atomic mass is 35.5. The van der Waals surface area contributed by atoms with Crippen molar-refractivity contribution in [3.05, 3.63) is 60.2 Å². The van der Waals surface area contributed by atoms with Crippen LogP contribution in [-0.2, 0) is 11.2 Å². The highest BCUT2D eigenvalue weighted by molar-refractivity contribution is 6.22. The summed E-state index contributed by atoms with van der Waals surface area (Å²) in [7, 11) is 0. The molecule has 2 aromatic carbocycles. The third kappa shape index (κ3) is 3.45. The van der Waals surface area contributed by atoms with Crippen molar-refractivity contribution in [2.45, 2.75) is 18.2 Å². The van der Waals surface area contributed by atoms with Gasteiger partial charge >= 0.3 is 0 Å². The second kappa shape index (κ2) is 6.31. The molecule has 0 aromatic heterocycles. The Hall–Kier alpha value is -1.80. The van der Waals surface area contributed by atoms with E-state index in [1.165, 1.54) is 16.7 Å². The van der Waals surface area contributed by atoms with Crippen LogP contribution in [0.1, 0.15) is 12.0 Å². The molecule has 108 valence electrons. The van der Waals surface area contributed by atoms with Crippen molar-refractivity contribution in [2.75, 3.05) is 13.1 Å². The van der Waals surface area contributed by atoms with Crippen LogP contribution in [0.25, 0.3) is 11.1 Å². The summed E-state index contributed by atoms with van der Waals surface area (Å²) >= 11 is 6.01. The fourth-order valence-corrected chi connectivity index (χ4v) is 3.00. The number of hydrogen-bond acceptors (Lipinski definition) is 1. The number of carbonyl (C=O) groups excluding carboxylic acids is 1. The topological polar surface area (TPSA) is 20.3 Å². The van der Waals surface area contributed by atoms with Crippen molar-refractivity contribution in [3.63, 3.8) is 0 Å². The van der Waals surface area contributed by atoms with Gasteiger partial charge in [0.25, 0.3) is 0 Å². The van der Waals surface area contributed by atoms with Crippen molar-refractivity contribution in [1.29, 1.82) is 0 Å². The fraction of sp³-hybridized carbons (Fsp3) is 0.278. The average molecular weight is 300 g/mol. The van der Waals surface area contributed by atoms with Crippen LogP contribution < -0.4 is 0 Å². The van der Waals surface area contributed by atoms with Crippen LogP contribution in [0.15, 0.2) is 54.6 Å². The SMILES string of the molecule is O=C1CC(Cl)CN1CCc1ccc(-c2ccccc2)cc1. The van der Waals surface area contributed by atoms with Gasteiger partial charge in [0.2, 0.25) is 5.91 Å². The van der Waals surface area contributed by atoms with Gasteiger partial charge < -0.3 is 4.90 Å². The van der Waals surface area contributed by atoms with Crippen LogP contribution in [0.2, 0.25) is 0 Å². The molecule has 1 unspecified atom stereocenters. The molecule has 0 N–H and O–H groups in total. The molecule has 3 rings (SSSR count). The van der Waals surface area contributed by atoms with Gasteiger partial charge in [-0.2, -0.15) is 0 Å². The molecule has 1 aliphatic heterocycles. The van der Waals surface area contributed by atoms with Crippen LogP contribution in [0, 0.1) is 0 Å². The Morgan fingerprint density at radius 1 is 1.00 bits per heavy atom. The first-order valence-electron chi connectivity index (χ1n) is 7.28. The van der Waals surface area contributed by atoms with E-state index >= 15 is 0 Å². The third-order valence-electron chi connectivity index (χ3n) is 3.90. The second-order valence-electron chi connectivity index (χ2n) is 5.45. The van der Waals surface area contributed by atoms with Gasteiger partial charge in [-0.1, -0.05) is 54.6 Å². The molecule has 1 atom stereocenters. The van der Waals surface area contributed by atoms with E-state index in [0.717, 1.165) is 13.0 Å². The fourth-order valence-electron chi connectivity index (χ4n) is 2.70. The van der Waals surface area contributed by atoms with Crippen LogP contribution in [0.5, 0.6) is 0 Å². The van der Waals surface area contributed by atoms with E-state index < -0.39 is 0 Å². The molecule has 2 aromatic rings. The van der Waals surface area contributed by atoms with Crippen molar-refractivity contribution in [2.24, 2.45) is 0 Å². The van der Waals surface area contributed by atoms with Crippen LogP contribution in [-0.4, -0.2) is 29.3 Å². The Morgan fingerprint density at radius 3 is 2.29 bits per heavy atom. The largest absolute Gasteiger partial charge is 0.341 e. The molecule has 21 heavy (non-hydrogen) atoms. The number of hydrogen-bond donors (Lipinski definition) is 0. The molecule has 1 heterocycles. The third-order valence-corrected chi connectivity index (χ3v) is 4.19. The number of benzene rings is 2. The predicted molar refractivity (Wildman–Crippen MR) is 86.4 cm³/mol. The second-order valence-corrected chi connectivity index (χ2v) is 6.07. The number of nitrogens with zero attached hydrogens (tertiary/aromatic N) is 1. The minimum Gasteiger partial charge on any atom is -0.341 e. The Bertz CT molecular complexity index is 609. The zero-order chi connectivity index (χ0) is 14.7. The van der Waals surface area contributed by atoms with E-state index in [4.69, 9.17) is 11.6 Å². The average Bonchev–Trinajstić information content (AvgIpc) is 2.84. The summed E-state index contributed by atoms with van der Waals surface area (Å²) in [6.45, 7) is 1.44. The maximum absolute atomic E-state index is 11.7. The van der Waals surface area contributed by atoms with Gasteiger partial charge in [0.05, 0.1) is 5.38 Å². The molecule has 0 bridgehead atoms. The Balaban J connectivity index is 1.61. The number of likely N-dealkylation sites (tertiary alicyclic amines) is 1. The molecular formula is C18H18ClNO. The van der Waals surface area contributed by atoms with Crippen molar-refractivity contribution >= 4 is 17.5 Å². The van der Waals surface area contributed by atoms with Gasteiger partial charge in [-0.05, 0) is 23.1 Å². The molecule has 2 nitrogen and oxygen atoms in total. The zero-order valence-corrected chi connectivity index (χ0v) is 12.6. The van der Waals surface area contributed by atoms with Gasteiger partial charge in [-0.15, -0.1) is 11.6 Å². The number of rotatable bonds is 4. The van der Waals surface area contributed by atoms with Crippen LogP contribution in [0.4, 0.5) is 0 Å². The minimum atomic E-state index is -0.0158. The lowest BCUT2D eigenvalue weighted by atomic mass is 10.0. The molecule has 1 aliphatic rings. The van der Waals surface area contributed by atoms with Crippen LogP contribution >= 0.6 is 11.6 Å². The summed E-state index contributed by atoms with van der Waals surface area (Å²) < 4.78 is 0. The summed E-state index contributed by atoms with van der Waals surface area (Å²) in [5.74, 6) is 0.177. The molecule has 0 spiro atoms. The summed E-state index contributed by atoms with van der Waals surface area (Å²) in [6, 6.07) is 18.9. The lowest BCUT2D eigenvalue weighted by Gasteiger charge is -2.15. The zero-order valence-electron chi connectivity index (χ0n) is 11.8. The van der Waals surface area contributed by atoms with Crippen molar-refractivity contribution in [3.8, 4) is 11.1 Å². The molecule has 0 radical (unpaired) electrons. The standard InChI is InChI=1S/C18H18ClNO/c19-17-12-18(21)20(13-17)11-10-14-6-8-16(9-7-14)15-4-2-1-3-5-15/h1-9,17H,10-13H2. The first-order chi connectivity index (χ1) is 10.2. The highest BCUT2D eigenvalue weighted by Crippen LogP contribution is 2.20. The number of halogens is 1. The van der Waals surface area contributed by atoms with E-state index in [-0.39, 0.29) is 11.3 Å². The predicted octanol–water partition coefficient (Wildman–Crippen LogP) is 3.74. The lowest BCUT2D eigenvalue weighted by Crippen LogP contribution is -2.27. The van der Waals surface area contributed by atoms with E-state index in [9.17, 15) is 4.79 Å². The molecule has 0 saturated carbocycles. The lowest BCUT2D eigenvalue weighted by molar-refractivity contribution is -0.127. The molecule has 1 saturated heterocycles. The van der Waals surface area contributed by atoms with E-state index in [0.29, 0.717) is 13.0 Å². The number of carbonyl (C=O) groups is 1. The minimum absolute atomic E-state index is 0.0158. The first kappa shape index (κ1) is 14.2. The Kier molecular flexibility index (Phi) is 4.26. The van der Waals surface area contributed by atoms with Gasteiger partial charge in [0.15, 0.2) is 0 Å². The van der Waals surface area contributed by atoms with E-state index in [1.54, 1.807) is 0 Å². The number of alkyl halides is 1. The van der Waals surface area contributed by atoms with Crippen LogP contribution in [0.3, 0.4) is 0 Å². The maximum Gasteiger partial charge on any atom is 0.224 e. The van der Waals surface area contributed by atoms with Gasteiger partial charge in [-0.25, -0.2) is 0 Å².